The third kappa shape index (κ3) is 1.72. The second kappa shape index (κ2) is 4.19. The van der Waals surface area contributed by atoms with Crippen LogP contribution in [-0.4, -0.2) is 9.55 Å². The second-order valence-corrected chi connectivity index (χ2v) is 4.73. The van der Waals surface area contributed by atoms with Crippen molar-refractivity contribution >= 4 is 40.2 Å². The van der Waals surface area contributed by atoms with E-state index in [2.05, 4.69) is 4.98 Å². The molecule has 0 atom stereocenters. The maximum absolute atomic E-state index is 6.10. The number of nitrogens with two attached hydrogens (primary N) is 1. The number of para-hydroxylation sites is 1. The van der Waals surface area contributed by atoms with E-state index in [9.17, 15) is 0 Å². The van der Waals surface area contributed by atoms with Gasteiger partial charge in [0.05, 0.1) is 10.5 Å². The predicted molar refractivity (Wildman–Crippen MR) is 75.5 cm³/mol. The molecule has 18 heavy (non-hydrogen) atoms. The van der Waals surface area contributed by atoms with Crippen LogP contribution in [0, 0.1) is 0 Å². The lowest BCUT2D eigenvalue weighted by Gasteiger charge is -2.06. The molecule has 2 aromatic carbocycles. The van der Waals surface area contributed by atoms with Gasteiger partial charge in [0.2, 0.25) is 5.95 Å². The maximum Gasteiger partial charge on any atom is 0.205 e. The third-order valence-electron chi connectivity index (χ3n) is 2.75. The molecule has 0 aliphatic rings. The number of hydrogen-bond donors (Lipinski definition) is 1. The summed E-state index contributed by atoms with van der Waals surface area (Å²) in [5.74, 6) is 0.403. The van der Waals surface area contributed by atoms with Gasteiger partial charge < -0.3 is 5.73 Å². The van der Waals surface area contributed by atoms with Crippen molar-refractivity contribution in [1.29, 1.82) is 0 Å². The van der Waals surface area contributed by atoms with E-state index >= 15 is 0 Å². The molecule has 0 amide bonds. The van der Waals surface area contributed by atoms with Crippen molar-refractivity contribution in [1.82, 2.24) is 9.55 Å². The molecule has 0 radical (unpaired) electrons. The van der Waals surface area contributed by atoms with Gasteiger partial charge >= 0.3 is 0 Å². The minimum Gasteiger partial charge on any atom is -0.369 e. The Morgan fingerprint density at radius 1 is 1.00 bits per heavy atom. The molecule has 3 aromatic rings. The molecule has 0 aliphatic heterocycles. The molecule has 3 nitrogen and oxygen atoms in total. The monoisotopic (exact) mass is 277 g/mol. The Bertz CT molecular complexity index is 717. The molecular weight excluding hydrogens is 269 g/mol. The van der Waals surface area contributed by atoms with Crippen LogP contribution >= 0.6 is 23.2 Å². The number of nitrogens with zero attached hydrogens (tertiary/aromatic N) is 2. The molecule has 3 rings (SSSR count). The number of benzene rings is 2. The molecule has 0 aliphatic carbocycles. The van der Waals surface area contributed by atoms with Crippen LogP contribution in [0.2, 0.25) is 10.0 Å². The summed E-state index contributed by atoms with van der Waals surface area (Å²) in [5, 5.41) is 1.27. The molecule has 0 spiro atoms. The first-order valence-corrected chi connectivity index (χ1v) is 6.11. The lowest BCUT2D eigenvalue weighted by molar-refractivity contribution is 1.11. The van der Waals surface area contributed by atoms with Crippen LogP contribution in [0.15, 0.2) is 42.5 Å². The highest BCUT2D eigenvalue weighted by Gasteiger charge is 2.11. The van der Waals surface area contributed by atoms with Crippen LogP contribution in [0.5, 0.6) is 0 Å². The molecule has 0 bridgehead atoms. The predicted octanol–water partition coefficient (Wildman–Crippen LogP) is 3.91. The van der Waals surface area contributed by atoms with Gasteiger partial charge in [-0.25, -0.2) is 4.98 Å². The number of aromatic nitrogens is 2. The molecule has 1 aromatic heterocycles. The van der Waals surface area contributed by atoms with Crippen molar-refractivity contribution in [3.05, 3.63) is 52.5 Å². The van der Waals surface area contributed by atoms with Gasteiger partial charge in [0, 0.05) is 10.7 Å². The molecule has 90 valence electrons. The minimum absolute atomic E-state index is 0.403. The van der Waals surface area contributed by atoms with Crippen molar-refractivity contribution in [3.63, 3.8) is 0 Å². The highest BCUT2D eigenvalue weighted by molar-refractivity contribution is 6.35. The van der Waals surface area contributed by atoms with Crippen molar-refractivity contribution in [2.45, 2.75) is 0 Å². The highest BCUT2D eigenvalue weighted by atomic mass is 35.5. The summed E-state index contributed by atoms with van der Waals surface area (Å²) in [6, 6.07) is 13.0. The lowest BCUT2D eigenvalue weighted by Crippen LogP contribution is -2.00. The van der Waals surface area contributed by atoms with Gasteiger partial charge in [-0.1, -0.05) is 29.3 Å². The van der Waals surface area contributed by atoms with E-state index in [0.717, 1.165) is 11.2 Å². The fourth-order valence-electron chi connectivity index (χ4n) is 1.94. The molecule has 1 heterocycles. The van der Waals surface area contributed by atoms with Gasteiger partial charge in [-0.2, -0.15) is 0 Å². The molecule has 0 unspecified atom stereocenters. The first-order valence-electron chi connectivity index (χ1n) is 5.35. The fraction of sp³-hybridized carbons (Fsp3) is 0. The lowest BCUT2D eigenvalue weighted by atomic mass is 10.3. The Hall–Kier alpha value is -1.71. The largest absolute Gasteiger partial charge is 0.369 e. The Morgan fingerprint density at radius 3 is 2.44 bits per heavy atom. The zero-order valence-electron chi connectivity index (χ0n) is 9.27. The van der Waals surface area contributed by atoms with Crippen molar-refractivity contribution in [2.24, 2.45) is 0 Å². The first kappa shape index (κ1) is 11.4. The number of imidazole rings is 1. The molecular formula is C13H9Cl2N3. The van der Waals surface area contributed by atoms with E-state index < -0.39 is 0 Å². The van der Waals surface area contributed by atoms with Gasteiger partial charge in [0.15, 0.2) is 0 Å². The van der Waals surface area contributed by atoms with Crippen LogP contribution in [0.3, 0.4) is 0 Å². The summed E-state index contributed by atoms with van der Waals surface area (Å²) >= 11 is 12.0. The van der Waals surface area contributed by atoms with Crippen LogP contribution in [0.1, 0.15) is 0 Å². The smallest absolute Gasteiger partial charge is 0.205 e. The number of halogens is 2. The van der Waals surface area contributed by atoms with E-state index in [1.165, 1.54) is 0 Å². The summed E-state index contributed by atoms with van der Waals surface area (Å²) < 4.78 is 1.84. The van der Waals surface area contributed by atoms with E-state index in [0.29, 0.717) is 21.5 Å². The van der Waals surface area contributed by atoms with Crippen molar-refractivity contribution < 1.29 is 0 Å². The van der Waals surface area contributed by atoms with Crippen molar-refractivity contribution in [3.8, 4) is 5.69 Å². The normalized spacial score (nSPS) is 11.0. The number of rotatable bonds is 1. The molecule has 0 fully saturated rings. The Balaban J connectivity index is 2.32. The van der Waals surface area contributed by atoms with E-state index in [4.69, 9.17) is 28.9 Å². The molecule has 5 heteroatoms. The minimum atomic E-state index is 0.403. The van der Waals surface area contributed by atoms with Crippen LogP contribution in [-0.2, 0) is 0 Å². The maximum atomic E-state index is 6.10. The summed E-state index contributed by atoms with van der Waals surface area (Å²) in [5.41, 5.74) is 8.43. The number of nitrogen functional groups attached to an aromatic ring is 1. The summed E-state index contributed by atoms with van der Waals surface area (Å²) in [4.78, 5) is 4.29. The van der Waals surface area contributed by atoms with Crippen LogP contribution < -0.4 is 5.73 Å². The summed E-state index contributed by atoms with van der Waals surface area (Å²) in [7, 11) is 0. The van der Waals surface area contributed by atoms with Gasteiger partial charge in [0.1, 0.15) is 5.52 Å². The SMILES string of the molecule is Nc1nc2c(Cl)cccc2n1-c1ccc(Cl)cc1. The number of anilines is 1. The van der Waals surface area contributed by atoms with Gasteiger partial charge in [-0.05, 0) is 36.4 Å². The Labute approximate surface area is 114 Å². The second-order valence-electron chi connectivity index (χ2n) is 3.89. The van der Waals surface area contributed by atoms with Crippen LogP contribution in [0.4, 0.5) is 5.95 Å². The average molecular weight is 278 g/mol. The van der Waals surface area contributed by atoms with E-state index in [1.807, 2.05) is 41.0 Å². The molecule has 0 saturated heterocycles. The third-order valence-corrected chi connectivity index (χ3v) is 3.30. The fourth-order valence-corrected chi connectivity index (χ4v) is 2.28. The van der Waals surface area contributed by atoms with Gasteiger partial charge in [0.25, 0.3) is 0 Å². The van der Waals surface area contributed by atoms with Crippen molar-refractivity contribution in [2.75, 3.05) is 5.73 Å². The average Bonchev–Trinajstić information content (AvgIpc) is 2.69. The standard InChI is InChI=1S/C13H9Cl2N3/c14-8-4-6-9(7-5-8)18-11-3-1-2-10(15)12(11)17-13(18)16/h1-7H,(H2,16,17). The Morgan fingerprint density at radius 2 is 1.72 bits per heavy atom. The number of hydrogen-bond acceptors (Lipinski definition) is 2. The van der Waals surface area contributed by atoms with E-state index in [1.54, 1.807) is 6.07 Å². The van der Waals surface area contributed by atoms with E-state index in [-0.39, 0.29) is 0 Å². The quantitative estimate of drug-likeness (QED) is 0.733. The Kier molecular flexibility index (Phi) is 2.65. The molecule has 2 N–H and O–H groups in total. The topological polar surface area (TPSA) is 43.8 Å². The van der Waals surface area contributed by atoms with Gasteiger partial charge in [-0.15, -0.1) is 0 Å². The van der Waals surface area contributed by atoms with Gasteiger partial charge in [-0.3, -0.25) is 4.57 Å². The summed E-state index contributed by atoms with van der Waals surface area (Å²) in [6.45, 7) is 0. The molecule has 0 saturated carbocycles. The highest BCUT2D eigenvalue weighted by Crippen LogP contribution is 2.28. The van der Waals surface area contributed by atoms with Crippen LogP contribution in [0.25, 0.3) is 16.7 Å². The number of fused-ring (bicyclic) bond motifs is 1. The zero-order chi connectivity index (χ0) is 12.7. The zero-order valence-corrected chi connectivity index (χ0v) is 10.8. The summed E-state index contributed by atoms with van der Waals surface area (Å²) in [6.07, 6.45) is 0. The first-order chi connectivity index (χ1) is 8.66.